The third-order valence-corrected chi connectivity index (χ3v) is 6.35. The standard InChI is InChI=1S/C18H25N3O3S/c1-14(2)13-20(3)18(22)16-8-10-21(11-9-16)25(23,24)17-6-4-15(12-19)5-7-17/h4-7,14,16H,8-11,13H2,1-3H3. The number of nitrogens with zero attached hydrogens (tertiary/aromatic N) is 3. The van der Waals surface area contributed by atoms with E-state index >= 15 is 0 Å². The maximum Gasteiger partial charge on any atom is 0.243 e. The van der Waals surface area contributed by atoms with E-state index in [0.717, 1.165) is 0 Å². The highest BCUT2D eigenvalue weighted by molar-refractivity contribution is 7.89. The molecule has 1 fully saturated rings. The van der Waals surface area contributed by atoms with E-state index in [0.29, 0.717) is 44.0 Å². The second-order valence-electron chi connectivity index (χ2n) is 6.93. The van der Waals surface area contributed by atoms with E-state index in [-0.39, 0.29) is 16.7 Å². The van der Waals surface area contributed by atoms with E-state index < -0.39 is 10.0 Å². The zero-order chi connectivity index (χ0) is 18.6. The largest absolute Gasteiger partial charge is 0.345 e. The molecule has 1 amide bonds. The molecule has 6 nitrogen and oxygen atoms in total. The van der Waals surface area contributed by atoms with E-state index in [4.69, 9.17) is 5.26 Å². The number of hydrogen-bond acceptors (Lipinski definition) is 4. The minimum atomic E-state index is -3.58. The maximum absolute atomic E-state index is 12.7. The van der Waals surface area contributed by atoms with Crippen LogP contribution in [-0.4, -0.2) is 50.2 Å². The molecule has 1 heterocycles. The van der Waals surface area contributed by atoms with Crippen molar-refractivity contribution in [2.45, 2.75) is 31.6 Å². The molecular formula is C18H25N3O3S. The van der Waals surface area contributed by atoms with Crippen LogP contribution in [0.15, 0.2) is 29.2 Å². The Balaban J connectivity index is 2.01. The number of benzene rings is 1. The van der Waals surface area contributed by atoms with E-state index in [1.165, 1.54) is 28.6 Å². The lowest BCUT2D eigenvalue weighted by molar-refractivity contribution is -0.135. The monoisotopic (exact) mass is 363 g/mol. The van der Waals surface area contributed by atoms with Gasteiger partial charge in [0.1, 0.15) is 0 Å². The van der Waals surface area contributed by atoms with Crippen molar-refractivity contribution in [3.8, 4) is 6.07 Å². The number of carbonyl (C=O) groups excluding carboxylic acids is 1. The van der Waals surface area contributed by atoms with E-state index in [1.807, 2.05) is 13.1 Å². The van der Waals surface area contributed by atoms with Crippen LogP contribution < -0.4 is 0 Å². The van der Waals surface area contributed by atoms with Gasteiger partial charge in [-0.05, 0) is 43.0 Å². The van der Waals surface area contributed by atoms with Crippen molar-refractivity contribution in [2.75, 3.05) is 26.7 Å². The quantitative estimate of drug-likeness (QED) is 0.802. The van der Waals surface area contributed by atoms with Crippen LogP contribution in [-0.2, 0) is 14.8 Å². The van der Waals surface area contributed by atoms with Crippen molar-refractivity contribution in [3.63, 3.8) is 0 Å². The molecule has 0 bridgehead atoms. The summed E-state index contributed by atoms with van der Waals surface area (Å²) in [4.78, 5) is 14.4. The fraction of sp³-hybridized carbons (Fsp3) is 0.556. The molecule has 1 aromatic rings. The molecule has 7 heteroatoms. The lowest BCUT2D eigenvalue weighted by Crippen LogP contribution is -2.44. The Hall–Kier alpha value is -1.91. The number of rotatable bonds is 5. The van der Waals surface area contributed by atoms with Crippen LogP contribution in [0.4, 0.5) is 0 Å². The summed E-state index contributed by atoms with van der Waals surface area (Å²) in [5, 5.41) is 8.81. The summed E-state index contributed by atoms with van der Waals surface area (Å²) in [6.07, 6.45) is 1.08. The first-order valence-electron chi connectivity index (χ1n) is 8.51. The van der Waals surface area contributed by atoms with Gasteiger partial charge < -0.3 is 4.90 Å². The third kappa shape index (κ3) is 4.59. The first kappa shape index (κ1) is 19.4. The molecule has 0 unspecified atom stereocenters. The van der Waals surface area contributed by atoms with Crippen LogP contribution in [0.5, 0.6) is 0 Å². The fourth-order valence-electron chi connectivity index (χ4n) is 3.14. The lowest BCUT2D eigenvalue weighted by atomic mass is 9.96. The summed E-state index contributed by atoms with van der Waals surface area (Å²) in [5.74, 6) is 0.395. The lowest BCUT2D eigenvalue weighted by Gasteiger charge is -2.33. The van der Waals surface area contributed by atoms with E-state index in [9.17, 15) is 13.2 Å². The normalized spacial score (nSPS) is 16.6. The average Bonchev–Trinajstić information content (AvgIpc) is 2.60. The van der Waals surface area contributed by atoms with Crippen LogP contribution in [0, 0.1) is 23.2 Å². The highest BCUT2D eigenvalue weighted by Crippen LogP contribution is 2.25. The van der Waals surface area contributed by atoms with Gasteiger partial charge in [0.25, 0.3) is 0 Å². The number of amides is 1. The van der Waals surface area contributed by atoms with E-state index in [2.05, 4.69) is 13.8 Å². The first-order chi connectivity index (χ1) is 11.8. The van der Waals surface area contributed by atoms with Crippen LogP contribution >= 0.6 is 0 Å². The van der Waals surface area contributed by atoms with Crippen molar-refractivity contribution in [1.29, 1.82) is 5.26 Å². The van der Waals surface area contributed by atoms with Gasteiger partial charge in [0.15, 0.2) is 0 Å². The van der Waals surface area contributed by atoms with Gasteiger partial charge in [-0.25, -0.2) is 8.42 Å². The van der Waals surface area contributed by atoms with Crippen molar-refractivity contribution in [3.05, 3.63) is 29.8 Å². The Labute approximate surface area is 150 Å². The molecule has 0 aliphatic carbocycles. The zero-order valence-electron chi connectivity index (χ0n) is 15.0. The van der Waals surface area contributed by atoms with Crippen LogP contribution in [0.25, 0.3) is 0 Å². The SMILES string of the molecule is CC(C)CN(C)C(=O)C1CCN(S(=O)(=O)c2ccc(C#N)cc2)CC1. The molecule has 0 saturated carbocycles. The molecule has 136 valence electrons. The molecule has 1 aliphatic heterocycles. The predicted octanol–water partition coefficient (Wildman–Crippen LogP) is 2.07. The van der Waals surface area contributed by atoms with Crippen molar-refractivity contribution in [2.24, 2.45) is 11.8 Å². The van der Waals surface area contributed by atoms with Crippen LogP contribution in [0.2, 0.25) is 0 Å². The summed E-state index contributed by atoms with van der Waals surface area (Å²) in [6.45, 7) is 5.53. The zero-order valence-corrected chi connectivity index (χ0v) is 15.8. The second kappa shape index (κ2) is 7.98. The molecule has 0 spiro atoms. The molecule has 2 rings (SSSR count). The fourth-order valence-corrected chi connectivity index (χ4v) is 4.61. The van der Waals surface area contributed by atoms with Gasteiger partial charge in [-0.2, -0.15) is 9.57 Å². The number of hydrogen-bond donors (Lipinski definition) is 0. The molecule has 0 N–H and O–H groups in total. The molecule has 0 radical (unpaired) electrons. The van der Waals surface area contributed by atoms with Crippen molar-refractivity contribution < 1.29 is 13.2 Å². The molecule has 0 atom stereocenters. The average molecular weight is 363 g/mol. The number of sulfonamides is 1. The summed E-state index contributed by atoms with van der Waals surface area (Å²) in [6, 6.07) is 7.90. The highest BCUT2D eigenvalue weighted by Gasteiger charge is 2.33. The highest BCUT2D eigenvalue weighted by atomic mass is 32.2. The van der Waals surface area contributed by atoms with Gasteiger partial charge in [0.2, 0.25) is 15.9 Å². The van der Waals surface area contributed by atoms with Gasteiger partial charge in [0, 0.05) is 32.6 Å². The Morgan fingerprint density at radius 1 is 1.28 bits per heavy atom. The number of nitriles is 1. The summed E-state index contributed by atoms with van der Waals surface area (Å²) < 4.78 is 26.8. The van der Waals surface area contributed by atoms with Crippen molar-refractivity contribution >= 4 is 15.9 Å². The van der Waals surface area contributed by atoms with Gasteiger partial charge in [-0.3, -0.25) is 4.79 Å². The smallest absolute Gasteiger partial charge is 0.243 e. The minimum absolute atomic E-state index is 0.101. The Morgan fingerprint density at radius 3 is 2.32 bits per heavy atom. The third-order valence-electron chi connectivity index (χ3n) is 4.44. The number of carbonyl (C=O) groups is 1. The van der Waals surface area contributed by atoms with E-state index in [1.54, 1.807) is 4.90 Å². The van der Waals surface area contributed by atoms with Crippen molar-refractivity contribution in [1.82, 2.24) is 9.21 Å². The van der Waals surface area contributed by atoms with Gasteiger partial charge in [-0.1, -0.05) is 13.8 Å². The topological polar surface area (TPSA) is 81.5 Å². The van der Waals surface area contributed by atoms with Gasteiger partial charge >= 0.3 is 0 Å². The Bertz CT molecular complexity index is 743. The molecule has 25 heavy (non-hydrogen) atoms. The number of piperidine rings is 1. The molecule has 1 aliphatic rings. The van der Waals surface area contributed by atoms with Crippen LogP contribution in [0.1, 0.15) is 32.3 Å². The first-order valence-corrected chi connectivity index (χ1v) is 9.95. The van der Waals surface area contributed by atoms with Crippen LogP contribution in [0.3, 0.4) is 0 Å². The maximum atomic E-state index is 12.7. The molecule has 1 saturated heterocycles. The molecular weight excluding hydrogens is 338 g/mol. The Kier molecular flexibility index (Phi) is 6.20. The van der Waals surface area contributed by atoms with Gasteiger partial charge in [-0.15, -0.1) is 0 Å². The summed E-state index contributed by atoms with van der Waals surface area (Å²) >= 11 is 0. The summed E-state index contributed by atoms with van der Waals surface area (Å²) in [7, 11) is -1.77. The molecule has 0 aromatic heterocycles. The van der Waals surface area contributed by atoms with Gasteiger partial charge in [0.05, 0.1) is 16.5 Å². The minimum Gasteiger partial charge on any atom is -0.345 e. The Morgan fingerprint density at radius 2 is 1.84 bits per heavy atom. The second-order valence-corrected chi connectivity index (χ2v) is 8.87. The predicted molar refractivity (Wildman–Crippen MR) is 95.1 cm³/mol. The molecule has 1 aromatic carbocycles. The summed E-state index contributed by atoms with van der Waals surface area (Å²) in [5.41, 5.74) is 0.427.